The lowest BCUT2D eigenvalue weighted by Gasteiger charge is -2.05. The standard InChI is InChI=1S/C14H14FNO2S/c15-13(7-8-16)10-19(17,18)14-6-5-11-3-1-2-4-12(11)9-14/h1-7,9H,8,10,16H2/b13-7-. The molecule has 3 nitrogen and oxygen atoms in total. The SMILES string of the molecule is NC/C=C(\F)CS(=O)(=O)c1ccc2ccccc2c1. The fraction of sp³-hybridized carbons (Fsp3) is 0.143. The number of rotatable bonds is 4. The predicted molar refractivity (Wildman–Crippen MR) is 74.2 cm³/mol. The summed E-state index contributed by atoms with van der Waals surface area (Å²) in [5, 5.41) is 1.76. The second kappa shape index (κ2) is 5.50. The van der Waals surface area contributed by atoms with Gasteiger partial charge >= 0.3 is 0 Å². The van der Waals surface area contributed by atoms with Crippen LogP contribution in [-0.2, 0) is 9.84 Å². The monoisotopic (exact) mass is 279 g/mol. The molecule has 0 amide bonds. The van der Waals surface area contributed by atoms with Crippen molar-refractivity contribution >= 4 is 20.6 Å². The molecule has 0 atom stereocenters. The van der Waals surface area contributed by atoms with Crippen LogP contribution >= 0.6 is 0 Å². The largest absolute Gasteiger partial charge is 0.327 e. The first-order valence-corrected chi connectivity index (χ1v) is 7.44. The van der Waals surface area contributed by atoms with Gasteiger partial charge in [-0.05, 0) is 29.0 Å². The van der Waals surface area contributed by atoms with Gasteiger partial charge in [-0.3, -0.25) is 0 Å². The summed E-state index contributed by atoms with van der Waals surface area (Å²) >= 11 is 0. The van der Waals surface area contributed by atoms with E-state index in [9.17, 15) is 12.8 Å². The molecule has 0 aromatic heterocycles. The van der Waals surface area contributed by atoms with Crippen LogP contribution in [0, 0.1) is 0 Å². The Kier molecular flexibility index (Phi) is 3.97. The van der Waals surface area contributed by atoms with Crippen molar-refractivity contribution in [3.05, 3.63) is 54.4 Å². The molecule has 2 N–H and O–H groups in total. The Labute approximate surface area is 111 Å². The van der Waals surface area contributed by atoms with Crippen LogP contribution in [0.25, 0.3) is 10.8 Å². The Morgan fingerprint density at radius 3 is 2.53 bits per heavy atom. The Balaban J connectivity index is 2.40. The maximum Gasteiger partial charge on any atom is 0.184 e. The molecule has 19 heavy (non-hydrogen) atoms. The summed E-state index contributed by atoms with van der Waals surface area (Å²) in [6.45, 7) is -0.0148. The van der Waals surface area contributed by atoms with Gasteiger partial charge in [0.2, 0.25) is 0 Å². The summed E-state index contributed by atoms with van der Waals surface area (Å²) in [7, 11) is -3.67. The van der Waals surface area contributed by atoms with Crippen LogP contribution in [0.1, 0.15) is 0 Å². The van der Waals surface area contributed by atoms with Crippen LogP contribution in [0.2, 0.25) is 0 Å². The quantitative estimate of drug-likeness (QED) is 0.935. The fourth-order valence-corrected chi connectivity index (χ4v) is 3.04. The first-order chi connectivity index (χ1) is 9.03. The van der Waals surface area contributed by atoms with Crippen molar-refractivity contribution < 1.29 is 12.8 Å². The Bertz CT molecular complexity index is 723. The van der Waals surface area contributed by atoms with E-state index < -0.39 is 21.4 Å². The maximum absolute atomic E-state index is 13.3. The van der Waals surface area contributed by atoms with Crippen LogP contribution in [0.15, 0.2) is 59.3 Å². The van der Waals surface area contributed by atoms with Crippen LogP contribution < -0.4 is 5.73 Å². The molecule has 2 aromatic rings. The van der Waals surface area contributed by atoms with Crippen molar-refractivity contribution in [2.45, 2.75) is 4.90 Å². The van der Waals surface area contributed by atoms with Gasteiger partial charge in [-0.2, -0.15) is 0 Å². The van der Waals surface area contributed by atoms with Crippen LogP contribution in [0.4, 0.5) is 4.39 Å². The van der Waals surface area contributed by atoms with E-state index in [1.54, 1.807) is 12.1 Å². The average Bonchev–Trinajstić information content (AvgIpc) is 2.37. The summed E-state index contributed by atoms with van der Waals surface area (Å²) in [4.78, 5) is 0.117. The number of hydrogen-bond donors (Lipinski definition) is 1. The number of halogens is 1. The van der Waals surface area contributed by atoms with Gasteiger partial charge in [0.25, 0.3) is 0 Å². The second-order valence-electron chi connectivity index (χ2n) is 4.15. The van der Waals surface area contributed by atoms with E-state index in [0.29, 0.717) is 0 Å². The van der Waals surface area contributed by atoms with Crippen molar-refractivity contribution in [2.24, 2.45) is 5.73 Å². The Hall–Kier alpha value is -1.72. The minimum atomic E-state index is -3.67. The fourth-order valence-electron chi connectivity index (χ4n) is 1.81. The first-order valence-electron chi connectivity index (χ1n) is 5.79. The van der Waals surface area contributed by atoms with E-state index >= 15 is 0 Å². The molecule has 100 valence electrons. The minimum Gasteiger partial charge on any atom is -0.327 e. The number of sulfone groups is 1. The van der Waals surface area contributed by atoms with Crippen molar-refractivity contribution in [3.8, 4) is 0 Å². The predicted octanol–water partition coefficient (Wildman–Crippen LogP) is 2.43. The molecule has 0 bridgehead atoms. The van der Waals surface area contributed by atoms with Crippen molar-refractivity contribution in [1.82, 2.24) is 0 Å². The van der Waals surface area contributed by atoms with Gasteiger partial charge in [0, 0.05) is 6.54 Å². The number of fused-ring (bicyclic) bond motifs is 1. The number of benzene rings is 2. The molecule has 0 aliphatic rings. The molecule has 0 aliphatic carbocycles. The molecule has 2 rings (SSSR count). The molecular formula is C14H14FNO2S. The molecular weight excluding hydrogens is 265 g/mol. The molecule has 0 unspecified atom stereocenters. The van der Waals surface area contributed by atoms with E-state index in [1.165, 1.54) is 6.07 Å². The molecule has 0 aliphatic heterocycles. The summed E-state index contributed by atoms with van der Waals surface area (Å²) in [6.07, 6.45) is 1.07. The molecule has 0 fully saturated rings. The van der Waals surface area contributed by atoms with Crippen LogP contribution in [0.3, 0.4) is 0 Å². The lowest BCUT2D eigenvalue weighted by molar-refractivity contribution is 0.583. The Morgan fingerprint density at radius 2 is 1.84 bits per heavy atom. The van der Waals surface area contributed by atoms with Gasteiger partial charge in [-0.25, -0.2) is 12.8 Å². The summed E-state index contributed by atoms with van der Waals surface area (Å²) in [5.74, 6) is -1.38. The molecule has 0 saturated heterocycles. The van der Waals surface area contributed by atoms with Gasteiger partial charge in [-0.15, -0.1) is 0 Å². The zero-order valence-electron chi connectivity index (χ0n) is 10.2. The Morgan fingerprint density at radius 1 is 1.16 bits per heavy atom. The summed E-state index contributed by atoms with van der Waals surface area (Å²) < 4.78 is 37.4. The smallest absolute Gasteiger partial charge is 0.184 e. The third kappa shape index (κ3) is 3.19. The normalized spacial score (nSPS) is 12.8. The topological polar surface area (TPSA) is 60.2 Å². The van der Waals surface area contributed by atoms with E-state index in [-0.39, 0.29) is 11.4 Å². The van der Waals surface area contributed by atoms with Crippen LogP contribution in [0.5, 0.6) is 0 Å². The van der Waals surface area contributed by atoms with Crippen molar-refractivity contribution in [2.75, 3.05) is 12.3 Å². The molecule has 0 saturated carbocycles. The molecule has 2 aromatic carbocycles. The number of hydrogen-bond acceptors (Lipinski definition) is 3. The second-order valence-corrected chi connectivity index (χ2v) is 6.14. The van der Waals surface area contributed by atoms with Crippen molar-refractivity contribution in [3.63, 3.8) is 0 Å². The lowest BCUT2D eigenvalue weighted by atomic mass is 10.1. The molecule has 0 heterocycles. The highest BCUT2D eigenvalue weighted by Crippen LogP contribution is 2.21. The highest BCUT2D eigenvalue weighted by atomic mass is 32.2. The summed E-state index contributed by atoms with van der Waals surface area (Å²) in [5.41, 5.74) is 5.15. The van der Waals surface area contributed by atoms with Gasteiger partial charge in [0.1, 0.15) is 11.6 Å². The van der Waals surface area contributed by atoms with Crippen LogP contribution in [-0.4, -0.2) is 20.7 Å². The van der Waals surface area contributed by atoms with Gasteiger partial charge in [0.15, 0.2) is 9.84 Å². The van der Waals surface area contributed by atoms with E-state index in [2.05, 4.69) is 0 Å². The zero-order chi connectivity index (χ0) is 13.9. The third-order valence-corrected chi connectivity index (χ3v) is 4.38. The van der Waals surface area contributed by atoms with Crippen molar-refractivity contribution in [1.29, 1.82) is 0 Å². The van der Waals surface area contributed by atoms with Gasteiger partial charge < -0.3 is 5.73 Å². The minimum absolute atomic E-state index is 0.0148. The van der Waals surface area contributed by atoms with E-state index in [4.69, 9.17) is 5.73 Å². The third-order valence-electron chi connectivity index (χ3n) is 2.75. The average molecular weight is 279 g/mol. The lowest BCUT2D eigenvalue weighted by Crippen LogP contribution is -2.08. The highest BCUT2D eigenvalue weighted by molar-refractivity contribution is 7.91. The van der Waals surface area contributed by atoms with Gasteiger partial charge in [0.05, 0.1) is 4.90 Å². The zero-order valence-corrected chi connectivity index (χ0v) is 11.0. The van der Waals surface area contributed by atoms with E-state index in [0.717, 1.165) is 16.8 Å². The highest BCUT2D eigenvalue weighted by Gasteiger charge is 2.17. The molecule has 5 heteroatoms. The van der Waals surface area contributed by atoms with Gasteiger partial charge in [-0.1, -0.05) is 30.3 Å². The molecule has 0 spiro atoms. The molecule has 0 radical (unpaired) electrons. The first kappa shape index (κ1) is 13.7. The summed E-state index contributed by atoms with van der Waals surface area (Å²) in [6, 6.07) is 12.2. The number of nitrogens with two attached hydrogens (primary N) is 1. The van der Waals surface area contributed by atoms with E-state index in [1.807, 2.05) is 24.3 Å². The maximum atomic E-state index is 13.3.